The SMILES string of the molecule is CCOC(=O)C(CC)(Cc1c(Cl)cccc1Cl)C(=O)O. The highest BCUT2D eigenvalue weighted by Gasteiger charge is 2.46. The van der Waals surface area contributed by atoms with Crippen molar-refractivity contribution in [2.75, 3.05) is 6.61 Å². The Kier molecular flexibility index (Phi) is 5.84. The molecule has 0 aliphatic carbocycles. The molecule has 0 heterocycles. The molecule has 0 amide bonds. The molecule has 0 saturated heterocycles. The van der Waals surface area contributed by atoms with Crippen LogP contribution in [0.4, 0.5) is 0 Å². The molecule has 0 bridgehead atoms. The Labute approximate surface area is 127 Å². The van der Waals surface area contributed by atoms with E-state index in [2.05, 4.69) is 0 Å². The van der Waals surface area contributed by atoms with Gasteiger partial charge in [-0.05, 0) is 31.0 Å². The lowest BCUT2D eigenvalue weighted by atomic mass is 9.79. The number of hydrogen-bond donors (Lipinski definition) is 1. The van der Waals surface area contributed by atoms with E-state index in [1.165, 1.54) is 0 Å². The zero-order valence-corrected chi connectivity index (χ0v) is 12.8. The van der Waals surface area contributed by atoms with Crippen molar-refractivity contribution in [2.24, 2.45) is 5.41 Å². The average molecular weight is 319 g/mol. The van der Waals surface area contributed by atoms with Crippen molar-refractivity contribution in [3.63, 3.8) is 0 Å². The zero-order valence-electron chi connectivity index (χ0n) is 11.3. The number of carbonyl (C=O) groups is 2. The van der Waals surface area contributed by atoms with Gasteiger partial charge in [0.25, 0.3) is 0 Å². The maximum atomic E-state index is 12.1. The Morgan fingerprint density at radius 2 is 1.80 bits per heavy atom. The van der Waals surface area contributed by atoms with Crippen molar-refractivity contribution in [2.45, 2.75) is 26.7 Å². The maximum absolute atomic E-state index is 12.1. The molecule has 0 saturated carbocycles. The first kappa shape index (κ1) is 16.8. The minimum absolute atomic E-state index is 0.0860. The van der Waals surface area contributed by atoms with Crippen molar-refractivity contribution >= 4 is 35.1 Å². The number of esters is 1. The van der Waals surface area contributed by atoms with Crippen LogP contribution >= 0.6 is 23.2 Å². The number of benzene rings is 1. The van der Waals surface area contributed by atoms with E-state index < -0.39 is 17.4 Å². The second-order valence-electron chi connectivity index (χ2n) is 4.34. The molecule has 1 N–H and O–H groups in total. The minimum atomic E-state index is -1.68. The lowest BCUT2D eigenvalue weighted by molar-refractivity contribution is -0.168. The molecule has 4 nitrogen and oxygen atoms in total. The molecule has 0 aromatic heterocycles. The van der Waals surface area contributed by atoms with Crippen LogP contribution in [-0.4, -0.2) is 23.7 Å². The van der Waals surface area contributed by atoms with Gasteiger partial charge in [0.05, 0.1) is 6.61 Å². The van der Waals surface area contributed by atoms with Crippen LogP contribution in [0.5, 0.6) is 0 Å². The van der Waals surface area contributed by atoms with Gasteiger partial charge < -0.3 is 9.84 Å². The van der Waals surface area contributed by atoms with Gasteiger partial charge in [0.15, 0.2) is 5.41 Å². The minimum Gasteiger partial charge on any atom is -0.480 e. The number of ether oxygens (including phenoxy) is 1. The number of hydrogen-bond acceptors (Lipinski definition) is 3. The largest absolute Gasteiger partial charge is 0.480 e. The second-order valence-corrected chi connectivity index (χ2v) is 5.15. The fourth-order valence-electron chi connectivity index (χ4n) is 1.93. The molecule has 0 spiro atoms. The molecular formula is C14H16Cl2O4. The van der Waals surface area contributed by atoms with E-state index >= 15 is 0 Å². The Morgan fingerprint density at radius 3 is 2.20 bits per heavy atom. The first-order valence-electron chi connectivity index (χ1n) is 6.22. The van der Waals surface area contributed by atoms with E-state index in [-0.39, 0.29) is 19.4 Å². The third kappa shape index (κ3) is 3.25. The molecule has 1 aromatic rings. The second kappa shape index (κ2) is 6.95. The first-order chi connectivity index (χ1) is 9.39. The highest BCUT2D eigenvalue weighted by atomic mass is 35.5. The molecule has 1 aromatic carbocycles. The smallest absolute Gasteiger partial charge is 0.323 e. The van der Waals surface area contributed by atoms with Crippen molar-refractivity contribution in [3.05, 3.63) is 33.8 Å². The van der Waals surface area contributed by atoms with Crippen LogP contribution < -0.4 is 0 Å². The zero-order chi connectivity index (χ0) is 15.3. The van der Waals surface area contributed by atoms with E-state index in [0.717, 1.165) is 0 Å². The van der Waals surface area contributed by atoms with Crippen LogP contribution in [0.3, 0.4) is 0 Å². The molecule has 1 rings (SSSR count). The van der Waals surface area contributed by atoms with Crippen LogP contribution in [0.15, 0.2) is 18.2 Å². The summed E-state index contributed by atoms with van der Waals surface area (Å²) >= 11 is 12.1. The number of rotatable bonds is 6. The highest BCUT2D eigenvalue weighted by Crippen LogP contribution is 2.35. The van der Waals surface area contributed by atoms with E-state index in [9.17, 15) is 14.7 Å². The van der Waals surface area contributed by atoms with Crippen LogP contribution in [0.25, 0.3) is 0 Å². The number of carboxylic acids is 1. The fraction of sp³-hybridized carbons (Fsp3) is 0.429. The molecule has 0 fully saturated rings. The van der Waals surface area contributed by atoms with Gasteiger partial charge in [-0.2, -0.15) is 0 Å². The third-order valence-corrected chi connectivity index (χ3v) is 3.93. The third-order valence-electron chi connectivity index (χ3n) is 3.22. The van der Waals surface area contributed by atoms with Gasteiger partial charge in [-0.25, -0.2) is 0 Å². The molecule has 0 aliphatic heterocycles. The first-order valence-corrected chi connectivity index (χ1v) is 6.98. The summed E-state index contributed by atoms with van der Waals surface area (Å²) in [7, 11) is 0. The fourth-order valence-corrected chi connectivity index (χ4v) is 2.46. The molecule has 6 heteroatoms. The number of carbonyl (C=O) groups excluding carboxylic acids is 1. The molecule has 1 unspecified atom stereocenters. The molecule has 1 atom stereocenters. The lowest BCUT2D eigenvalue weighted by Gasteiger charge is -2.26. The quantitative estimate of drug-likeness (QED) is 0.643. The van der Waals surface area contributed by atoms with E-state index in [1.54, 1.807) is 32.0 Å². The Balaban J connectivity index is 3.26. The summed E-state index contributed by atoms with van der Waals surface area (Å²) in [6.07, 6.45) is -0.0150. The van der Waals surface area contributed by atoms with E-state index in [4.69, 9.17) is 27.9 Å². The summed E-state index contributed by atoms with van der Waals surface area (Å²) in [5, 5.41) is 10.1. The van der Waals surface area contributed by atoms with Gasteiger partial charge in [0, 0.05) is 16.5 Å². The number of halogens is 2. The number of carboxylic acid groups (broad SMARTS) is 1. The monoisotopic (exact) mass is 318 g/mol. The molecule has 110 valence electrons. The van der Waals surface area contributed by atoms with Gasteiger partial charge in [-0.3, -0.25) is 9.59 Å². The average Bonchev–Trinajstić information content (AvgIpc) is 2.38. The normalized spacial score (nSPS) is 13.6. The Hall–Kier alpha value is -1.26. The van der Waals surface area contributed by atoms with Crippen LogP contribution in [0, 0.1) is 5.41 Å². The summed E-state index contributed by atoms with van der Waals surface area (Å²) in [5.74, 6) is -2.01. The summed E-state index contributed by atoms with van der Waals surface area (Å²) in [6, 6.07) is 4.87. The Morgan fingerprint density at radius 1 is 1.25 bits per heavy atom. The summed E-state index contributed by atoms with van der Waals surface area (Å²) in [4.78, 5) is 23.7. The van der Waals surface area contributed by atoms with Crippen LogP contribution in [0.2, 0.25) is 10.0 Å². The maximum Gasteiger partial charge on any atom is 0.323 e. The van der Waals surface area contributed by atoms with Gasteiger partial charge in [-0.15, -0.1) is 0 Å². The van der Waals surface area contributed by atoms with Gasteiger partial charge >= 0.3 is 11.9 Å². The standard InChI is InChI=1S/C14H16Cl2O4/c1-3-14(12(17)18,13(19)20-4-2)8-9-10(15)6-5-7-11(9)16/h5-7H,3-4,8H2,1-2H3,(H,17,18). The van der Waals surface area contributed by atoms with Crippen molar-refractivity contribution in [3.8, 4) is 0 Å². The molecule has 0 aliphatic rings. The van der Waals surface area contributed by atoms with E-state index in [1.807, 2.05) is 0 Å². The predicted octanol–water partition coefficient (Wildman–Crippen LogP) is 3.58. The van der Waals surface area contributed by atoms with Crippen molar-refractivity contribution in [1.82, 2.24) is 0 Å². The molecule has 0 radical (unpaired) electrons. The van der Waals surface area contributed by atoms with Crippen LogP contribution in [0.1, 0.15) is 25.8 Å². The lowest BCUT2D eigenvalue weighted by Crippen LogP contribution is -2.42. The van der Waals surface area contributed by atoms with Gasteiger partial charge in [0.1, 0.15) is 0 Å². The van der Waals surface area contributed by atoms with Crippen molar-refractivity contribution in [1.29, 1.82) is 0 Å². The van der Waals surface area contributed by atoms with E-state index in [0.29, 0.717) is 15.6 Å². The van der Waals surface area contributed by atoms with Crippen molar-refractivity contribution < 1.29 is 19.4 Å². The summed E-state index contributed by atoms with van der Waals surface area (Å²) < 4.78 is 4.91. The Bertz CT molecular complexity index is 496. The number of aliphatic carboxylic acids is 1. The highest BCUT2D eigenvalue weighted by molar-refractivity contribution is 6.36. The summed E-state index contributed by atoms with van der Waals surface area (Å²) in [6.45, 7) is 3.36. The van der Waals surface area contributed by atoms with Gasteiger partial charge in [0.2, 0.25) is 0 Å². The predicted molar refractivity (Wildman–Crippen MR) is 77.2 cm³/mol. The topological polar surface area (TPSA) is 63.6 Å². The molecule has 20 heavy (non-hydrogen) atoms. The molecular weight excluding hydrogens is 303 g/mol. The van der Waals surface area contributed by atoms with Gasteiger partial charge in [-0.1, -0.05) is 36.2 Å². The summed E-state index contributed by atoms with van der Waals surface area (Å²) in [5.41, 5.74) is -1.24. The van der Waals surface area contributed by atoms with Crippen LogP contribution in [-0.2, 0) is 20.7 Å².